The molecule has 0 saturated carbocycles. The lowest BCUT2D eigenvalue weighted by atomic mass is 10.1. The third-order valence-corrected chi connectivity index (χ3v) is 12.3. The summed E-state index contributed by atoms with van der Waals surface area (Å²) in [7, 11) is 1.48. The van der Waals surface area contributed by atoms with E-state index in [2.05, 4.69) is 62.5 Å². The number of ether oxygens (including phenoxy) is 1. The first-order chi connectivity index (χ1) is 30.4. The molecule has 0 aromatic heterocycles. The summed E-state index contributed by atoms with van der Waals surface area (Å²) in [6.07, 6.45) is 51.0. The number of carbonyl (C=O) groups excluding carboxylic acids is 2. The van der Waals surface area contributed by atoms with Gasteiger partial charge in [0.15, 0.2) is 0 Å². The van der Waals surface area contributed by atoms with E-state index in [9.17, 15) is 19.0 Å². The molecule has 0 aromatic rings. The van der Waals surface area contributed by atoms with Gasteiger partial charge in [0.05, 0.1) is 33.8 Å². The number of phosphoric acid groups is 1. The van der Waals surface area contributed by atoms with Crippen molar-refractivity contribution in [2.45, 2.75) is 238 Å². The molecule has 3 atom stereocenters. The van der Waals surface area contributed by atoms with Crippen LogP contribution < -0.4 is 5.32 Å². The number of quaternary nitrogens is 1. The van der Waals surface area contributed by atoms with Crippen LogP contribution in [0.1, 0.15) is 226 Å². The van der Waals surface area contributed by atoms with Crippen LogP contribution >= 0.6 is 7.82 Å². The fraction of sp³-hybridized carbons (Fsp3) is 0.811. The van der Waals surface area contributed by atoms with Crippen LogP contribution in [0.25, 0.3) is 0 Å². The van der Waals surface area contributed by atoms with Crippen LogP contribution in [-0.2, 0) is 27.9 Å². The van der Waals surface area contributed by atoms with E-state index < -0.39 is 20.0 Å². The van der Waals surface area contributed by atoms with Gasteiger partial charge in [-0.3, -0.25) is 18.6 Å². The van der Waals surface area contributed by atoms with Crippen LogP contribution in [-0.4, -0.2) is 74.3 Å². The first-order valence-electron chi connectivity index (χ1n) is 26.0. The molecule has 9 nitrogen and oxygen atoms in total. The highest BCUT2D eigenvalue weighted by atomic mass is 31.2. The minimum Gasteiger partial charge on any atom is -0.456 e. The molecule has 0 heterocycles. The lowest BCUT2D eigenvalue weighted by Crippen LogP contribution is -2.47. The number of unbranched alkanes of at least 4 members (excludes halogenated alkanes) is 25. The molecule has 2 N–H and O–H groups in total. The Kier molecular flexibility index (Phi) is 42.4. The molecule has 3 unspecified atom stereocenters. The lowest BCUT2D eigenvalue weighted by molar-refractivity contribution is -0.870. The van der Waals surface area contributed by atoms with Gasteiger partial charge in [-0.25, -0.2) is 4.57 Å². The van der Waals surface area contributed by atoms with Crippen LogP contribution in [0, 0.1) is 0 Å². The number of nitrogens with one attached hydrogen (secondary N) is 1. The second kappa shape index (κ2) is 43.8. The second-order valence-corrected chi connectivity index (χ2v) is 20.2. The van der Waals surface area contributed by atoms with Crippen molar-refractivity contribution in [3.8, 4) is 0 Å². The van der Waals surface area contributed by atoms with Gasteiger partial charge in [-0.15, -0.1) is 0 Å². The summed E-state index contributed by atoms with van der Waals surface area (Å²) in [6, 6.07) is -0.854. The molecule has 368 valence electrons. The zero-order chi connectivity index (χ0) is 46.5. The Morgan fingerprint density at radius 2 is 0.984 bits per heavy atom. The number of rotatable bonds is 46. The minimum atomic E-state index is -4.44. The fourth-order valence-electron chi connectivity index (χ4n) is 7.14. The molecule has 0 aliphatic rings. The van der Waals surface area contributed by atoms with Gasteiger partial charge in [0.25, 0.3) is 0 Å². The number of allylic oxidation sites excluding steroid dienone is 7. The van der Waals surface area contributed by atoms with Gasteiger partial charge in [0.1, 0.15) is 19.3 Å². The monoisotopic (exact) mass is 908 g/mol. The van der Waals surface area contributed by atoms with Gasteiger partial charge in [-0.05, 0) is 76.7 Å². The number of hydrogen-bond donors (Lipinski definition) is 2. The Morgan fingerprint density at radius 3 is 1.52 bits per heavy atom. The highest BCUT2D eigenvalue weighted by Crippen LogP contribution is 2.43. The normalized spacial score (nSPS) is 14.3. The topological polar surface area (TPSA) is 111 Å². The average Bonchev–Trinajstić information content (AvgIpc) is 3.23. The molecular weight excluding hydrogens is 808 g/mol. The Bertz CT molecular complexity index is 1230. The summed E-state index contributed by atoms with van der Waals surface area (Å²) in [4.78, 5) is 37.3. The second-order valence-electron chi connectivity index (χ2n) is 18.7. The first-order valence-corrected chi connectivity index (χ1v) is 27.5. The predicted octanol–water partition coefficient (Wildman–Crippen LogP) is 15.0. The van der Waals surface area contributed by atoms with Crippen molar-refractivity contribution in [2.24, 2.45) is 0 Å². The van der Waals surface area contributed by atoms with Crippen molar-refractivity contribution < 1.29 is 37.3 Å². The molecule has 0 aliphatic carbocycles. The van der Waals surface area contributed by atoms with Crippen molar-refractivity contribution in [3.05, 3.63) is 48.6 Å². The van der Waals surface area contributed by atoms with E-state index in [-0.39, 0.29) is 31.5 Å². The number of likely N-dealkylation sites (N-methyl/N-ethyl adjacent to an activating group) is 1. The first kappa shape index (κ1) is 61.0. The molecule has 0 aromatic carbocycles. The van der Waals surface area contributed by atoms with E-state index in [0.29, 0.717) is 17.4 Å². The molecule has 0 rings (SSSR count). The number of amides is 1. The largest absolute Gasteiger partial charge is 0.472 e. The van der Waals surface area contributed by atoms with Gasteiger partial charge in [0, 0.05) is 12.8 Å². The number of esters is 1. The molecule has 0 radical (unpaired) electrons. The summed E-state index contributed by atoms with van der Waals surface area (Å²) in [5, 5.41) is 3.02. The van der Waals surface area contributed by atoms with Gasteiger partial charge >= 0.3 is 13.8 Å². The maximum atomic E-state index is 13.4. The Balaban J connectivity index is 5.43. The molecule has 1 amide bonds. The number of nitrogens with zero attached hydrogens (tertiary/aromatic N) is 1. The average molecular weight is 908 g/mol. The summed E-state index contributed by atoms with van der Waals surface area (Å²) in [5.74, 6) is -0.532. The van der Waals surface area contributed by atoms with Crippen molar-refractivity contribution in [1.29, 1.82) is 0 Å². The third-order valence-electron chi connectivity index (χ3n) is 11.3. The third kappa shape index (κ3) is 44.9. The zero-order valence-electron chi connectivity index (χ0n) is 41.8. The minimum absolute atomic E-state index is 0.0360. The van der Waals surface area contributed by atoms with E-state index >= 15 is 0 Å². The zero-order valence-corrected chi connectivity index (χ0v) is 42.7. The van der Waals surface area contributed by atoms with E-state index in [0.717, 1.165) is 103 Å². The maximum absolute atomic E-state index is 13.4. The number of hydrogen-bond acceptors (Lipinski definition) is 6. The van der Waals surface area contributed by atoms with Crippen molar-refractivity contribution in [1.82, 2.24) is 5.32 Å². The smallest absolute Gasteiger partial charge is 0.456 e. The molecule has 0 bridgehead atoms. The summed E-state index contributed by atoms with van der Waals surface area (Å²) in [6.45, 7) is 6.90. The highest BCUT2D eigenvalue weighted by molar-refractivity contribution is 7.47. The molecule has 0 spiro atoms. The number of carbonyl (C=O) groups is 2. The van der Waals surface area contributed by atoms with Crippen LogP contribution in [0.15, 0.2) is 48.6 Å². The predicted molar refractivity (Wildman–Crippen MR) is 268 cm³/mol. The van der Waals surface area contributed by atoms with Crippen molar-refractivity contribution in [2.75, 3.05) is 40.9 Å². The molecular formula is C53H100N2O7P+. The van der Waals surface area contributed by atoms with Crippen LogP contribution in [0.3, 0.4) is 0 Å². The van der Waals surface area contributed by atoms with Crippen LogP contribution in [0.2, 0.25) is 0 Å². The van der Waals surface area contributed by atoms with Gasteiger partial charge in [-0.2, -0.15) is 0 Å². The summed E-state index contributed by atoms with van der Waals surface area (Å²) < 4.78 is 30.4. The SMILES string of the molecule is CCCC/C=C\CCCCCCCC(=O)OC(/C=C\CCCCCCCCCCC)C(COP(=O)(O)OCC[N+](C)(C)C)NC(=O)CCCCCCCC/C=C/C=C/CCCCC. The molecule has 10 heteroatoms. The molecule has 0 saturated heterocycles. The molecule has 0 aliphatic heterocycles. The fourth-order valence-corrected chi connectivity index (χ4v) is 7.88. The summed E-state index contributed by atoms with van der Waals surface area (Å²) >= 11 is 0. The van der Waals surface area contributed by atoms with Crippen molar-refractivity contribution in [3.63, 3.8) is 0 Å². The highest BCUT2D eigenvalue weighted by Gasteiger charge is 2.30. The van der Waals surface area contributed by atoms with Gasteiger partial charge in [0.2, 0.25) is 5.91 Å². The van der Waals surface area contributed by atoms with E-state index in [4.69, 9.17) is 13.8 Å². The van der Waals surface area contributed by atoms with E-state index in [1.807, 2.05) is 33.3 Å². The Hall–Kier alpha value is -2.03. The maximum Gasteiger partial charge on any atom is 0.472 e. The molecule has 63 heavy (non-hydrogen) atoms. The summed E-state index contributed by atoms with van der Waals surface area (Å²) in [5.41, 5.74) is 0. The van der Waals surface area contributed by atoms with Crippen molar-refractivity contribution >= 4 is 19.7 Å². The molecule has 0 fully saturated rings. The number of phosphoric ester groups is 1. The quantitative estimate of drug-likeness (QED) is 0.0156. The van der Waals surface area contributed by atoms with Gasteiger partial charge in [-0.1, -0.05) is 185 Å². The van der Waals surface area contributed by atoms with Gasteiger partial charge < -0.3 is 19.4 Å². The Morgan fingerprint density at radius 1 is 0.556 bits per heavy atom. The van der Waals surface area contributed by atoms with Crippen LogP contribution in [0.5, 0.6) is 0 Å². The van der Waals surface area contributed by atoms with Crippen LogP contribution in [0.4, 0.5) is 0 Å². The standard InChI is InChI=1S/C53H99N2O7P/c1-7-10-13-16-19-22-25-26-27-28-31-33-36-39-42-45-52(56)54-50(49-61-63(58,59)60-48-47-55(4,5)6)51(44-41-38-35-32-29-23-20-17-14-11-8-2)62-53(57)46-43-40-37-34-30-24-21-18-15-12-9-3/h18-19,21-22,25-26,41,44,50-51H,7-17,20,23-24,27-40,42-43,45-49H2,1-6H3,(H-,54,56,58,59)/p+1/b21-18-,22-19+,26-25+,44-41-. The van der Waals surface area contributed by atoms with E-state index in [1.165, 1.54) is 89.9 Å². The Labute approximate surface area is 388 Å². The van der Waals surface area contributed by atoms with E-state index in [1.54, 1.807) is 0 Å². The lowest BCUT2D eigenvalue weighted by Gasteiger charge is -2.27.